The number of aliphatic hydroxyl groups is 1. The summed E-state index contributed by atoms with van der Waals surface area (Å²) in [7, 11) is 0. The molecule has 3 rings (SSSR count). The first kappa shape index (κ1) is 14.3. The normalized spacial score (nSPS) is 22.9. The van der Waals surface area contributed by atoms with Gasteiger partial charge in [0, 0.05) is 18.7 Å². The third kappa shape index (κ3) is 2.75. The Kier molecular flexibility index (Phi) is 4.10. The summed E-state index contributed by atoms with van der Waals surface area (Å²) in [6, 6.07) is 5.58. The van der Waals surface area contributed by atoms with Gasteiger partial charge in [-0.15, -0.1) is 0 Å². The van der Waals surface area contributed by atoms with Gasteiger partial charge in [0.05, 0.1) is 11.5 Å². The van der Waals surface area contributed by atoms with Gasteiger partial charge in [-0.1, -0.05) is 18.9 Å². The van der Waals surface area contributed by atoms with Crippen molar-refractivity contribution in [2.24, 2.45) is 5.92 Å². The van der Waals surface area contributed by atoms with Gasteiger partial charge in [0.15, 0.2) is 0 Å². The van der Waals surface area contributed by atoms with Crippen LogP contribution in [0.15, 0.2) is 18.2 Å². The van der Waals surface area contributed by atoms with Gasteiger partial charge in [-0.05, 0) is 43.2 Å². The first-order valence-electron chi connectivity index (χ1n) is 7.85. The molecule has 1 aromatic rings. The van der Waals surface area contributed by atoms with Gasteiger partial charge in [0.2, 0.25) is 0 Å². The molecule has 1 aliphatic heterocycles. The lowest BCUT2D eigenvalue weighted by Crippen LogP contribution is -2.35. The molecule has 1 saturated carbocycles. The minimum absolute atomic E-state index is 0.131. The fourth-order valence-corrected chi connectivity index (χ4v) is 3.98. The van der Waals surface area contributed by atoms with Gasteiger partial charge in [-0.2, -0.15) is 0 Å². The van der Waals surface area contributed by atoms with E-state index in [4.69, 9.17) is 0 Å². The van der Waals surface area contributed by atoms with E-state index in [0.717, 1.165) is 25.1 Å². The van der Waals surface area contributed by atoms with Crippen LogP contribution in [0.1, 0.15) is 44.1 Å². The average molecular weight is 290 g/mol. The van der Waals surface area contributed by atoms with Gasteiger partial charge < -0.3 is 10.0 Å². The molecule has 1 atom stereocenters. The minimum atomic E-state index is -0.321. The van der Waals surface area contributed by atoms with Crippen molar-refractivity contribution in [3.8, 4) is 0 Å². The number of nitro benzene ring substituents is 1. The quantitative estimate of drug-likeness (QED) is 0.683. The number of anilines is 1. The predicted molar refractivity (Wildman–Crippen MR) is 81.3 cm³/mol. The van der Waals surface area contributed by atoms with Gasteiger partial charge in [-0.3, -0.25) is 10.1 Å². The molecular weight excluding hydrogens is 268 g/mol. The van der Waals surface area contributed by atoms with Crippen molar-refractivity contribution in [2.45, 2.75) is 51.2 Å². The van der Waals surface area contributed by atoms with Gasteiger partial charge >= 0.3 is 0 Å². The van der Waals surface area contributed by atoms with Crippen molar-refractivity contribution in [1.29, 1.82) is 0 Å². The summed E-state index contributed by atoms with van der Waals surface area (Å²) in [6.07, 6.45) is 7.35. The van der Waals surface area contributed by atoms with Crippen LogP contribution >= 0.6 is 0 Å². The Labute approximate surface area is 124 Å². The van der Waals surface area contributed by atoms with Crippen LogP contribution in [-0.2, 0) is 6.61 Å². The third-order valence-corrected chi connectivity index (χ3v) is 4.97. The van der Waals surface area contributed by atoms with E-state index >= 15 is 0 Å². The molecule has 21 heavy (non-hydrogen) atoms. The van der Waals surface area contributed by atoms with Crippen molar-refractivity contribution >= 4 is 11.4 Å². The smallest absolute Gasteiger partial charge is 0.292 e. The number of hydrogen-bond donors (Lipinski definition) is 1. The second kappa shape index (κ2) is 6.02. The maximum absolute atomic E-state index is 11.4. The maximum atomic E-state index is 11.4. The molecule has 1 aromatic carbocycles. The van der Waals surface area contributed by atoms with Crippen LogP contribution in [0.4, 0.5) is 11.4 Å². The summed E-state index contributed by atoms with van der Waals surface area (Å²) in [4.78, 5) is 13.3. The highest BCUT2D eigenvalue weighted by atomic mass is 16.6. The average Bonchev–Trinajstić information content (AvgIpc) is 3.17. The minimum Gasteiger partial charge on any atom is -0.392 e. The van der Waals surface area contributed by atoms with Crippen molar-refractivity contribution in [1.82, 2.24) is 0 Å². The lowest BCUT2D eigenvalue weighted by molar-refractivity contribution is -0.384. The van der Waals surface area contributed by atoms with Crippen LogP contribution in [-0.4, -0.2) is 22.6 Å². The molecule has 0 aromatic heterocycles. The monoisotopic (exact) mass is 290 g/mol. The number of benzene rings is 1. The Bertz CT molecular complexity index is 526. The van der Waals surface area contributed by atoms with Gasteiger partial charge in [0.25, 0.3) is 5.69 Å². The molecule has 5 heteroatoms. The van der Waals surface area contributed by atoms with Crippen molar-refractivity contribution in [3.63, 3.8) is 0 Å². The zero-order valence-electron chi connectivity index (χ0n) is 12.2. The van der Waals surface area contributed by atoms with Gasteiger partial charge in [-0.25, -0.2) is 0 Å². The number of rotatable bonds is 4. The van der Waals surface area contributed by atoms with Crippen LogP contribution in [0.2, 0.25) is 0 Å². The molecule has 2 fully saturated rings. The largest absolute Gasteiger partial charge is 0.392 e. The van der Waals surface area contributed by atoms with Crippen LogP contribution in [0.5, 0.6) is 0 Å². The highest BCUT2D eigenvalue weighted by molar-refractivity contribution is 5.65. The summed E-state index contributed by atoms with van der Waals surface area (Å²) < 4.78 is 0. The summed E-state index contributed by atoms with van der Waals surface area (Å²) in [5, 5.41) is 20.6. The molecule has 1 N–H and O–H groups in total. The number of nitrogens with zero attached hydrogens (tertiary/aromatic N) is 2. The fraction of sp³-hybridized carbons (Fsp3) is 0.625. The van der Waals surface area contributed by atoms with E-state index in [0.29, 0.717) is 17.5 Å². The molecular formula is C16H22N2O3. The Morgan fingerprint density at radius 3 is 2.67 bits per heavy atom. The maximum Gasteiger partial charge on any atom is 0.292 e. The molecule has 0 spiro atoms. The van der Waals surface area contributed by atoms with E-state index < -0.39 is 0 Å². The lowest BCUT2D eigenvalue weighted by Gasteiger charge is -2.31. The van der Waals surface area contributed by atoms with Crippen LogP contribution in [0, 0.1) is 16.0 Å². The zero-order valence-corrected chi connectivity index (χ0v) is 12.2. The lowest BCUT2D eigenvalue weighted by atomic mass is 9.95. The second-order valence-electron chi connectivity index (χ2n) is 6.19. The highest BCUT2D eigenvalue weighted by Gasteiger charge is 2.35. The Balaban J connectivity index is 1.92. The summed E-state index contributed by atoms with van der Waals surface area (Å²) in [5.74, 6) is 0.685. The van der Waals surface area contributed by atoms with E-state index in [1.165, 1.54) is 31.7 Å². The number of hydrogen-bond acceptors (Lipinski definition) is 4. The molecule has 1 saturated heterocycles. The van der Waals surface area contributed by atoms with Gasteiger partial charge in [0.1, 0.15) is 5.69 Å². The van der Waals surface area contributed by atoms with Crippen LogP contribution in [0.3, 0.4) is 0 Å². The topological polar surface area (TPSA) is 66.6 Å². The number of aliphatic hydroxyl groups excluding tert-OH is 1. The number of nitro groups is 1. The molecule has 0 bridgehead atoms. The Morgan fingerprint density at radius 2 is 2.00 bits per heavy atom. The van der Waals surface area contributed by atoms with Crippen molar-refractivity contribution < 1.29 is 10.0 Å². The van der Waals surface area contributed by atoms with E-state index in [9.17, 15) is 15.2 Å². The van der Waals surface area contributed by atoms with E-state index in [2.05, 4.69) is 4.90 Å². The first-order valence-corrected chi connectivity index (χ1v) is 7.85. The standard InChI is InChI=1S/C16H22N2O3/c19-11-12-7-8-15(16(10-12)18(20)21)17-9-3-6-14(17)13-4-1-2-5-13/h7-8,10,13-14,19H,1-6,9,11H2. The second-order valence-corrected chi connectivity index (χ2v) is 6.19. The predicted octanol–water partition coefficient (Wildman–Crippen LogP) is 3.25. The van der Waals surface area contributed by atoms with Crippen molar-refractivity contribution in [2.75, 3.05) is 11.4 Å². The molecule has 2 aliphatic rings. The van der Waals surface area contributed by atoms with Crippen LogP contribution in [0.25, 0.3) is 0 Å². The summed E-state index contributed by atoms with van der Waals surface area (Å²) in [6.45, 7) is 0.744. The third-order valence-electron chi connectivity index (χ3n) is 4.97. The fourth-order valence-electron chi connectivity index (χ4n) is 3.98. The summed E-state index contributed by atoms with van der Waals surface area (Å²) in [5.41, 5.74) is 1.46. The van der Waals surface area contributed by atoms with Crippen molar-refractivity contribution in [3.05, 3.63) is 33.9 Å². The summed E-state index contributed by atoms with van der Waals surface area (Å²) >= 11 is 0. The molecule has 114 valence electrons. The molecule has 1 aliphatic carbocycles. The van der Waals surface area contributed by atoms with E-state index in [1.54, 1.807) is 6.07 Å². The first-order chi connectivity index (χ1) is 10.2. The molecule has 0 radical (unpaired) electrons. The molecule has 5 nitrogen and oxygen atoms in total. The van der Waals surface area contributed by atoms with E-state index in [-0.39, 0.29) is 17.2 Å². The Morgan fingerprint density at radius 1 is 1.24 bits per heavy atom. The van der Waals surface area contributed by atoms with E-state index in [1.807, 2.05) is 6.07 Å². The molecule has 0 amide bonds. The molecule has 1 unspecified atom stereocenters. The SMILES string of the molecule is O=[N+]([O-])c1cc(CO)ccc1N1CCCC1C1CCCC1. The van der Waals surface area contributed by atoms with Crippen LogP contribution < -0.4 is 4.90 Å². The Hall–Kier alpha value is -1.62. The highest BCUT2D eigenvalue weighted by Crippen LogP contribution is 2.40. The zero-order chi connectivity index (χ0) is 14.8. The molecule has 1 heterocycles.